The van der Waals surface area contributed by atoms with Gasteiger partial charge in [-0.3, -0.25) is 0 Å². The minimum atomic E-state index is -5.11. The smallest absolute Gasteiger partial charge is 0.382 e. The summed E-state index contributed by atoms with van der Waals surface area (Å²) >= 11 is 0. The van der Waals surface area contributed by atoms with Gasteiger partial charge in [-0.25, -0.2) is 14.8 Å². The van der Waals surface area contributed by atoms with Crippen LogP contribution in [-0.2, 0) is 4.79 Å². The van der Waals surface area contributed by atoms with E-state index in [2.05, 4.69) is 14.8 Å². The molecule has 0 amide bonds. The van der Waals surface area contributed by atoms with E-state index in [0.717, 1.165) is 6.33 Å². The van der Waals surface area contributed by atoms with Crippen LogP contribution in [0.25, 0.3) is 21.9 Å². The van der Waals surface area contributed by atoms with Crippen molar-refractivity contribution in [3.8, 4) is 0 Å². The number of nitrogen functional groups attached to an aromatic ring is 1. The summed E-state index contributed by atoms with van der Waals surface area (Å²) in [5.74, 6) is -2.31. The summed E-state index contributed by atoms with van der Waals surface area (Å²) in [4.78, 5) is 23.2. The minimum absolute atomic E-state index is 0.0329. The predicted molar refractivity (Wildman–Crippen MR) is 67.1 cm³/mol. The molecular formula is C12H7F3N4O2. The summed E-state index contributed by atoms with van der Waals surface area (Å²) < 4.78 is 37.5. The first kappa shape index (κ1) is 13.2. The van der Waals surface area contributed by atoms with Crippen molar-refractivity contribution < 1.29 is 22.8 Å². The van der Waals surface area contributed by atoms with Crippen LogP contribution in [0.15, 0.2) is 30.6 Å². The number of anilines is 1. The molecule has 0 aliphatic heterocycles. The molecule has 2 aromatic heterocycles. The van der Waals surface area contributed by atoms with Gasteiger partial charge in [0.25, 0.3) is 0 Å². The summed E-state index contributed by atoms with van der Waals surface area (Å²) in [5.41, 5.74) is 6.46. The molecule has 3 aromatic rings. The number of rotatable bonds is 1. The van der Waals surface area contributed by atoms with Crippen LogP contribution in [-0.4, -0.2) is 26.8 Å². The molecule has 0 saturated heterocycles. The lowest BCUT2D eigenvalue weighted by atomic mass is 10.2. The number of nitrogens with zero attached hydrogens (tertiary/aromatic N) is 3. The van der Waals surface area contributed by atoms with Gasteiger partial charge < -0.3 is 10.6 Å². The fourth-order valence-electron chi connectivity index (χ4n) is 1.93. The number of fused-ring (bicyclic) bond motifs is 3. The van der Waals surface area contributed by atoms with E-state index in [4.69, 9.17) is 5.73 Å². The molecule has 21 heavy (non-hydrogen) atoms. The van der Waals surface area contributed by atoms with Crippen LogP contribution in [0.4, 0.5) is 19.0 Å². The molecule has 2 heterocycles. The molecule has 0 radical (unpaired) electrons. The fourth-order valence-corrected chi connectivity index (χ4v) is 1.93. The van der Waals surface area contributed by atoms with E-state index in [1.165, 1.54) is 0 Å². The van der Waals surface area contributed by atoms with Crippen molar-refractivity contribution in [3.63, 3.8) is 0 Å². The lowest BCUT2D eigenvalue weighted by Gasteiger charge is -2.09. The second-order valence-corrected chi connectivity index (χ2v) is 4.16. The number of carbonyl (C=O) groups is 1. The zero-order valence-corrected chi connectivity index (χ0v) is 10.3. The third kappa shape index (κ3) is 2.12. The van der Waals surface area contributed by atoms with Gasteiger partial charge in [-0.2, -0.15) is 17.9 Å². The Morgan fingerprint density at radius 2 is 2.00 bits per heavy atom. The summed E-state index contributed by atoms with van der Waals surface area (Å²) in [5, 5.41) is 0.467. The van der Waals surface area contributed by atoms with Gasteiger partial charge in [0.1, 0.15) is 17.4 Å². The molecule has 1 aromatic carbocycles. The molecule has 0 fully saturated rings. The lowest BCUT2D eigenvalue weighted by Crippen LogP contribution is -2.33. The number of halogens is 3. The van der Waals surface area contributed by atoms with Gasteiger partial charge in [-0.05, 0) is 6.07 Å². The molecule has 0 spiro atoms. The highest BCUT2D eigenvalue weighted by molar-refractivity contribution is 6.06. The van der Waals surface area contributed by atoms with Crippen molar-refractivity contribution in [2.24, 2.45) is 0 Å². The van der Waals surface area contributed by atoms with Crippen LogP contribution in [0.1, 0.15) is 0 Å². The molecule has 0 atom stereocenters. The maximum atomic E-state index is 12.3. The number of hydrogen-bond acceptors (Lipinski definition) is 5. The Balaban J connectivity index is 2.23. The zero-order chi connectivity index (χ0) is 15.2. The number of imidazole rings is 1. The Bertz CT molecular complexity index is 857. The van der Waals surface area contributed by atoms with Crippen molar-refractivity contribution in [3.05, 3.63) is 30.6 Å². The Hall–Kier alpha value is -2.84. The number of nitrogens with two attached hydrogens (primary N) is 1. The predicted octanol–water partition coefficient (Wildman–Crippen LogP) is 1.68. The third-order valence-electron chi connectivity index (χ3n) is 2.79. The molecule has 108 valence electrons. The van der Waals surface area contributed by atoms with Crippen molar-refractivity contribution in [2.45, 2.75) is 6.18 Å². The van der Waals surface area contributed by atoms with E-state index < -0.39 is 12.1 Å². The summed E-state index contributed by atoms with van der Waals surface area (Å²) in [7, 11) is 0. The minimum Gasteiger partial charge on any atom is -0.382 e. The molecule has 9 heteroatoms. The van der Waals surface area contributed by atoms with Crippen LogP contribution in [0, 0.1) is 0 Å². The number of alkyl halides is 3. The highest BCUT2D eigenvalue weighted by atomic mass is 19.4. The zero-order valence-electron chi connectivity index (χ0n) is 10.3. The molecule has 0 bridgehead atoms. The van der Waals surface area contributed by atoms with Gasteiger partial charge in [0.15, 0.2) is 5.82 Å². The van der Waals surface area contributed by atoms with Crippen LogP contribution in [0.3, 0.4) is 0 Å². The first-order valence-electron chi connectivity index (χ1n) is 5.68. The van der Waals surface area contributed by atoms with Gasteiger partial charge in [0.05, 0.1) is 5.52 Å². The van der Waals surface area contributed by atoms with Gasteiger partial charge in [-0.1, -0.05) is 18.2 Å². The maximum absolute atomic E-state index is 12.3. The topological polar surface area (TPSA) is 83.0 Å². The highest BCUT2D eigenvalue weighted by Crippen LogP contribution is 2.26. The SMILES string of the molecule is Nc1nc2ccccc2c2c1ncn2OC(=O)C(F)(F)F. The summed E-state index contributed by atoms with van der Waals surface area (Å²) in [6.45, 7) is 0. The monoisotopic (exact) mass is 296 g/mol. The van der Waals surface area contributed by atoms with E-state index in [9.17, 15) is 18.0 Å². The number of para-hydroxylation sites is 1. The molecule has 6 nitrogen and oxygen atoms in total. The molecule has 0 unspecified atom stereocenters. The van der Waals surface area contributed by atoms with E-state index in [0.29, 0.717) is 15.6 Å². The largest absolute Gasteiger partial charge is 0.493 e. The molecule has 0 aliphatic rings. The normalized spacial score (nSPS) is 12.0. The first-order chi connectivity index (χ1) is 9.88. The van der Waals surface area contributed by atoms with Gasteiger partial charge in [-0.15, -0.1) is 0 Å². The van der Waals surface area contributed by atoms with E-state index in [-0.39, 0.29) is 16.9 Å². The van der Waals surface area contributed by atoms with Crippen molar-refractivity contribution in [1.82, 2.24) is 14.7 Å². The fraction of sp³-hybridized carbons (Fsp3) is 0.0833. The molecule has 2 N–H and O–H groups in total. The van der Waals surface area contributed by atoms with Crippen LogP contribution >= 0.6 is 0 Å². The summed E-state index contributed by atoms with van der Waals surface area (Å²) in [6.07, 6.45) is -4.16. The quantitative estimate of drug-likeness (QED) is 0.738. The first-order valence-corrected chi connectivity index (χ1v) is 5.68. The van der Waals surface area contributed by atoms with Crippen molar-refractivity contribution in [1.29, 1.82) is 0 Å². The van der Waals surface area contributed by atoms with Gasteiger partial charge in [0, 0.05) is 5.39 Å². The van der Waals surface area contributed by atoms with E-state index in [1.54, 1.807) is 24.3 Å². The Morgan fingerprint density at radius 1 is 1.29 bits per heavy atom. The van der Waals surface area contributed by atoms with Gasteiger partial charge in [0.2, 0.25) is 0 Å². The maximum Gasteiger partial charge on any atom is 0.493 e. The number of aromatic nitrogens is 3. The number of pyridine rings is 1. The summed E-state index contributed by atoms with van der Waals surface area (Å²) in [6, 6.07) is 6.61. The highest BCUT2D eigenvalue weighted by Gasteiger charge is 2.42. The van der Waals surface area contributed by atoms with E-state index >= 15 is 0 Å². The third-order valence-corrected chi connectivity index (χ3v) is 2.79. The van der Waals surface area contributed by atoms with Crippen LogP contribution in [0.2, 0.25) is 0 Å². The average Bonchev–Trinajstić information content (AvgIpc) is 2.83. The second kappa shape index (κ2) is 4.33. The number of carbonyl (C=O) groups excluding carboxylic acids is 1. The molecule has 0 saturated carbocycles. The van der Waals surface area contributed by atoms with Crippen LogP contribution in [0.5, 0.6) is 0 Å². The average molecular weight is 296 g/mol. The van der Waals surface area contributed by atoms with Crippen molar-refractivity contribution >= 4 is 33.7 Å². The number of benzene rings is 1. The molecule has 3 rings (SSSR count). The lowest BCUT2D eigenvalue weighted by molar-refractivity contribution is -0.199. The van der Waals surface area contributed by atoms with Gasteiger partial charge >= 0.3 is 12.1 Å². The Labute approximate surface area is 114 Å². The Kier molecular flexibility index (Phi) is 2.71. The molecular weight excluding hydrogens is 289 g/mol. The Morgan fingerprint density at radius 3 is 2.71 bits per heavy atom. The number of hydrogen-bond donors (Lipinski definition) is 1. The van der Waals surface area contributed by atoms with E-state index in [1.807, 2.05) is 0 Å². The second-order valence-electron chi connectivity index (χ2n) is 4.16. The standard InChI is InChI=1S/C12H7F3N4O2/c13-12(14,15)11(20)21-19-5-17-8-9(19)6-3-1-2-4-7(6)18-10(8)16/h1-5H,(H2,16,18). The van der Waals surface area contributed by atoms with Crippen molar-refractivity contribution in [2.75, 3.05) is 5.73 Å². The van der Waals surface area contributed by atoms with Crippen LogP contribution < -0.4 is 10.6 Å². The molecule has 0 aliphatic carbocycles.